The Morgan fingerprint density at radius 1 is 1.67 bits per heavy atom. The van der Waals surface area contributed by atoms with Crippen molar-refractivity contribution < 1.29 is 9.13 Å². The van der Waals surface area contributed by atoms with Crippen molar-refractivity contribution in [3.8, 4) is 0 Å². The molecule has 3 nitrogen and oxygen atoms in total. The summed E-state index contributed by atoms with van der Waals surface area (Å²) in [5.41, 5.74) is 0. The molecule has 1 unspecified atom stereocenters. The molecule has 1 atom stereocenters. The zero-order valence-electron chi connectivity index (χ0n) is 8.76. The Kier molecular flexibility index (Phi) is 4.78. The Balaban J connectivity index is 2.56. The summed E-state index contributed by atoms with van der Waals surface area (Å²) in [4.78, 5) is 3.85. The summed E-state index contributed by atoms with van der Waals surface area (Å²) in [5, 5.41) is 3.19. The molecule has 0 fully saturated rings. The van der Waals surface area contributed by atoms with Crippen LogP contribution in [0, 0.1) is 5.82 Å². The highest BCUT2D eigenvalue weighted by molar-refractivity contribution is 6.30. The summed E-state index contributed by atoms with van der Waals surface area (Å²) in [7, 11) is 0. The van der Waals surface area contributed by atoms with Gasteiger partial charge in [-0.3, -0.25) is 0 Å². The molecule has 1 rings (SSSR count). The number of anilines is 1. The summed E-state index contributed by atoms with van der Waals surface area (Å²) in [6, 6.07) is 1.23. The van der Waals surface area contributed by atoms with Crippen molar-refractivity contribution >= 4 is 17.4 Å². The molecular weight excluding hydrogens is 219 g/mol. The van der Waals surface area contributed by atoms with E-state index in [2.05, 4.69) is 10.3 Å². The molecule has 0 bridgehead atoms. The molecule has 0 aliphatic rings. The van der Waals surface area contributed by atoms with Crippen LogP contribution in [0.2, 0.25) is 5.02 Å². The summed E-state index contributed by atoms with van der Waals surface area (Å²) in [5.74, 6) is -0.252. The molecule has 0 saturated heterocycles. The number of nitrogens with zero attached hydrogens (tertiary/aromatic N) is 1. The molecule has 0 spiro atoms. The topological polar surface area (TPSA) is 34.1 Å². The van der Waals surface area contributed by atoms with Crippen molar-refractivity contribution in [2.45, 2.75) is 19.9 Å². The van der Waals surface area contributed by atoms with Crippen LogP contribution in [0.25, 0.3) is 0 Å². The molecule has 1 aromatic heterocycles. The van der Waals surface area contributed by atoms with Gasteiger partial charge in [0.25, 0.3) is 0 Å². The minimum Gasteiger partial charge on any atom is -0.380 e. The summed E-state index contributed by atoms with van der Waals surface area (Å²) >= 11 is 5.58. The molecule has 84 valence electrons. The third kappa shape index (κ3) is 4.01. The third-order valence-electron chi connectivity index (χ3n) is 1.76. The fourth-order valence-electron chi connectivity index (χ4n) is 1.09. The van der Waals surface area contributed by atoms with E-state index in [0.29, 0.717) is 13.2 Å². The van der Waals surface area contributed by atoms with Gasteiger partial charge in [0.05, 0.1) is 11.6 Å². The maximum Gasteiger partial charge on any atom is 0.166 e. The van der Waals surface area contributed by atoms with Crippen LogP contribution >= 0.6 is 11.6 Å². The van der Waals surface area contributed by atoms with E-state index < -0.39 is 5.82 Å². The Morgan fingerprint density at radius 2 is 2.40 bits per heavy atom. The van der Waals surface area contributed by atoms with Gasteiger partial charge in [0.15, 0.2) is 11.6 Å². The molecule has 1 aromatic rings. The van der Waals surface area contributed by atoms with Crippen molar-refractivity contribution in [3.05, 3.63) is 23.1 Å². The van der Waals surface area contributed by atoms with Gasteiger partial charge >= 0.3 is 0 Å². The number of hydrogen-bond donors (Lipinski definition) is 1. The lowest BCUT2D eigenvalue weighted by molar-refractivity contribution is 0.141. The minimum absolute atomic E-state index is 0.00752. The van der Waals surface area contributed by atoms with Gasteiger partial charge in [0.1, 0.15) is 0 Å². The van der Waals surface area contributed by atoms with Crippen LogP contribution in [-0.4, -0.2) is 24.2 Å². The molecular formula is C10H14ClFN2O. The van der Waals surface area contributed by atoms with Crippen molar-refractivity contribution in [1.82, 2.24) is 4.98 Å². The molecule has 0 saturated carbocycles. The van der Waals surface area contributed by atoms with Crippen molar-refractivity contribution in [2.75, 3.05) is 18.5 Å². The fraction of sp³-hybridized carbons (Fsp3) is 0.500. The fourth-order valence-corrected chi connectivity index (χ4v) is 1.24. The maximum absolute atomic E-state index is 13.3. The molecule has 0 aliphatic carbocycles. The first kappa shape index (κ1) is 12.2. The number of halogens is 2. The van der Waals surface area contributed by atoms with Crippen molar-refractivity contribution in [1.29, 1.82) is 0 Å². The summed E-state index contributed by atoms with van der Waals surface area (Å²) in [6.07, 6.45) is 1.40. The summed E-state index contributed by atoms with van der Waals surface area (Å²) < 4.78 is 18.5. The first-order valence-corrected chi connectivity index (χ1v) is 5.16. The number of aromatic nitrogens is 1. The van der Waals surface area contributed by atoms with Crippen LogP contribution in [0.5, 0.6) is 0 Å². The second-order valence-corrected chi connectivity index (χ2v) is 3.63. The molecule has 0 amide bonds. The predicted molar refractivity (Wildman–Crippen MR) is 58.8 cm³/mol. The van der Waals surface area contributed by atoms with Crippen molar-refractivity contribution in [3.63, 3.8) is 0 Å². The zero-order valence-corrected chi connectivity index (χ0v) is 9.51. The number of hydrogen-bond acceptors (Lipinski definition) is 3. The quantitative estimate of drug-likeness (QED) is 0.848. The van der Waals surface area contributed by atoms with Crippen LogP contribution in [0.3, 0.4) is 0 Å². The Bertz CT molecular complexity index is 322. The molecule has 15 heavy (non-hydrogen) atoms. The van der Waals surface area contributed by atoms with Gasteiger partial charge in [-0.15, -0.1) is 0 Å². The molecule has 1 heterocycles. The largest absolute Gasteiger partial charge is 0.380 e. The number of pyridine rings is 1. The highest BCUT2D eigenvalue weighted by Crippen LogP contribution is 2.16. The van der Waals surface area contributed by atoms with E-state index >= 15 is 0 Å². The van der Waals surface area contributed by atoms with Crippen LogP contribution in [-0.2, 0) is 4.74 Å². The van der Waals surface area contributed by atoms with Gasteiger partial charge in [-0.1, -0.05) is 11.6 Å². The SMILES string of the molecule is CCOCC(C)Nc1ncc(Cl)cc1F. The highest BCUT2D eigenvalue weighted by Gasteiger charge is 2.08. The van der Waals surface area contributed by atoms with Gasteiger partial charge in [-0.25, -0.2) is 9.37 Å². The standard InChI is InChI=1S/C10H14ClFN2O/c1-3-15-6-7(2)14-10-9(12)4-8(11)5-13-10/h4-5,7H,3,6H2,1-2H3,(H,13,14). The Labute approximate surface area is 93.6 Å². The minimum atomic E-state index is -0.453. The lowest BCUT2D eigenvalue weighted by atomic mass is 10.3. The average molecular weight is 233 g/mol. The number of nitrogens with one attached hydrogen (secondary N) is 1. The third-order valence-corrected chi connectivity index (χ3v) is 1.97. The van der Waals surface area contributed by atoms with Crippen molar-refractivity contribution in [2.24, 2.45) is 0 Å². The van der Waals surface area contributed by atoms with Gasteiger partial charge < -0.3 is 10.1 Å². The van der Waals surface area contributed by atoms with Gasteiger partial charge in [0.2, 0.25) is 0 Å². The van der Waals surface area contributed by atoms with Crippen LogP contribution in [0.1, 0.15) is 13.8 Å². The molecule has 5 heteroatoms. The molecule has 0 aromatic carbocycles. The van der Waals surface area contributed by atoms with E-state index in [1.807, 2.05) is 13.8 Å². The van der Waals surface area contributed by atoms with Gasteiger partial charge in [0, 0.05) is 18.8 Å². The smallest absolute Gasteiger partial charge is 0.166 e. The first-order valence-electron chi connectivity index (χ1n) is 4.78. The second kappa shape index (κ2) is 5.88. The first-order chi connectivity index (χ1) is 7.13. The van der Waals surface area contributed by atoms with E-state index in [-0.39, 0.29) is 16.9 Å². The number of ether oxygens (including phenoxy) is 1. The van der Waals surface area contributed by atoms with E-state index in [0.717, 1.165) is 0 Å². The normalized spacial score (nSPS) is 12.5. The lowest BCUT2D eigenvalue weighted by Gasteiger charge is -2.14. The van der Waals surface area contributed by atoms with Crippen LogP contribution < -0.4 is 5.32 Å². The lowest BCUT2D eigenvalue weighted by Crippen LogP contribution is -2.22. The highest BCUT2D eigenvalue weighted by atomic mass is 35.5. The molecule has 1 N–H and O–H groups in total. The Morgan fingerprint density at radius 3 is 3.00 bits per heavy atom. The van der Waals surface area contributed by atoms with E-state index in [1.54, 1.807) is 0 Å². The Hall–Kier alpha value is -0.870. The second-order valence-electron chi connectivity index (χ2n) is 3.19. The van der Waals surface area contributed by atoms with Crippen LogP contribution in [0.4, 0.5) is 10.2 Å². The molecule has 0 aliphatic heterocycles. The predicted octanol–water partition coefficient (Wildman–Crippen LogP) is 2.71. The maximum atomic E-state index is 13.3. The van der Waals surface area contributed by atoms with Gasteiger partial charge in [-0.2, -0.15) is 0 Å². The van der Waals surface area contributed by atoms with Gasteiger partial charge in [-0.05, 0) is 19.9 Å². The van der Waals surface area contributed by atoms with Crippen LogP contribution in [0.15, 0.2) is 12.3 Å². The average Bonchev–Trinajstić information content (AvgIpc) is 2.19. The number of rotatable bonds is 5. The monoisotopic (exact) mass is 232 g/mol. The van der Waals surface area contributed by atoms with E-state index in [9.17, 15) is 4.39 Å². The van der Waals surface area contributed by atoms with E-state index in [1.165, 1.54) is 12.3 Å². The molecule has 0 radical (unpaired) electrons. The summed E-state index contributed by atoms with van der Waals surface area (Å²) in [6.45, 7) is 4.96. The zero-order chi connectivity index (χ0) is 11.3. The van der Waals surface area contributed by atoms with E-state index in [4.69, 9.17) is 16.3 Å².